The molecule has 0 N–H and O–H groups in total. The van der Waals surface area contributed by atoms with Crippen molar-refractivity contribution in [1.29, 1.82) is 0 Å². The molecule has 0 atom stereocenters. The van der Waals surface area contributed by atoms with E-state index in [4.69, 9.17) is 9.78 Å². The van der Waals surface area contributed by atoms with Gasteiger partial charge in [0, 0.05) is 0 Å². The van der Waals surface area contributed by atoms with Crippen LogP contribution in [-0.2, 0) is 27.4 Å². The van der Waals surface area contributed by atoms with Crippen molar-refractivity contribution in [2.75, 3.05) is 6.61 Å². The summed E-state index contributed by atoms with van der Waals surface area (Å²) >= 11 is 0. The molecule has 1 aliphatic carbocycles. The Bertz CT molecular complexity index is 348. The first-order valence-corrected chi connectivity index (χ1v) is 5.71. The molecule has 3 nitrogen and oxygen atoms in total. The Morgan fingerprint density at radius 3 is 2.50 bits per heavy atom. The van der Waals surface area contributed by atoms with E-state index in [1.807, 2.05) is 19.1 Å². The van der Waals surface area contributed by atoms with Gasteiger partial charge in [-0.3, -0.25) is 4.89 Å². The molecule has 1 aromatic rings. The van der Waals surface area contributed by atoms with E-state index in [0.717, 1.165) is 19.3 Å². The Morgan fingerprint density at radius 2 is 1.94 bits per heavy atom. The molecule has 0 aromatic heterocycles. The third-order valence-electron chi connectivity index (χ3n) is 2.81. The van der Waals surface area contributed by atoms with Crippen LogP contribution in [0.2, 0.25) is 0 Å². The van der Waals surface area contributed by atoms with Crippen molar-refractivity contribution in [1.82, 2.24) is 0 Å². The summed E-state index contributed by atoms with van der Waals surface area (Å²) in [5.41, 5.74) is 2.50. The third kappa shape index (κ3) is 2.42. The third-order valence-corrected chi connectivity index (χ3v) is 2.81. The lowest BCUT2D eigenvalue weighted by molar-refractivity contribution is -0.275. The lowest BCUT2D eigenvalue weighted by atomic mass is 10.1. The molecular formula is C13H16O3. The van der Waals surface area contributed by atoms with Crippen LogP contribution in [0.1, 0.15) is 24.5 Å². The van der Waals surface area contributed by atoms with E-state index >= 15 is 0 Å². The molecule has 0 aliphatic heterocycles. The van der Waals surface area contributed by atoms with Gasteiger partial charge >= 0.3 is 5.97 Å². The molecule has 0 saturated heterocycles. The lowest BCUT2D eigenvalue weighted by Crippen LogP contribution is -2.18. The molecule has 1 aliphatic rings. The SMILES string of the molecule is CCCOOC(=O)C1Cc2ccccc2C1. The Balaban J connectivity index is 1.88. The van der Waals surface area contributed by atoms with Gasteiger partial charge in [0.2, 0.25) is 0 Å². The number of benzene rings is 1. The van der Waals surface area contributed by atoms with Crippen molar-refractivity contribution in [3.05, 3.63) is 35.4 Å². The molecular weight excluding hydrogens is 204 g/mol. The summed E-state index contributed by atoms with van der Waals surface area (Å²) < 4.78 is 0. The number of carbonyl (C=O) groups excluding carboxylic acids is 1. The minimum absolute atomic E-state index is 0.0748. The maximum Gasteiger partial charge on any atom is 0.346 e. The first kappa shape index (κ1) is 11.1. The molecule has 2 rings (SSSR count). The van der Waals surface area contributed by atoms with Gasteiger partial charge in [-0.05, 0) is 30.4 Å². The van der Waals surface area contributed by atoms with Crippen LogP contribution in [-0.4, -0.2) is 12.6 Å². The van der Waals surface area contributed by atoms with Crippen LogP contribution >= 0.6 is 0 Å². The van der Waals surface area contributed by atoms with Gasteiger partial charge in [0.15, 0.2) is 0 Å². The molecule has 0 fully saturated rings. The maximum absolute atomic E-state index is 11.6. The second-order valence-electron chi connectivity index (χ2n) is 4.10. The normalized spacial score (nSPS) is 14.8. The number of hydrogen-bond acceptors (Lipinski definition) is 3. The van der Waals surface area contributed by atoms with E-state index < -0.39 is 0 Å². The summed E-state index contributed by atoms with van der Waals surface area (Å²) in [5.74, 6) is -0.320. The van der Waals surface area contributed by atoms with Gasteiger partial charge in [-0.1, -0.05) is 31.2 Å². The van der Waals surface area contributed by atoms with Gasteiger partial charge in [0.25, 0.3) is 0 Å². The first-order valence-electron chi connectivity index (χ1n) is 5.71. The second kappa shape index (κ2) is 5.12. The van der Waals surface area contributed by atoms with Crippen molar-refractivity contribution in [2.45, 2.75) is 26.2 Å². The molecule has 0 saturated carbocycles. The Morgan fingerprint density at radius 1 is 1.31 bits per heavy atom. The van der Waals surface area contributed by atoms with Crippen LogP contribution in [0.15, 0.2) is 24.3 Å². The van der Waals surface area contributed by atoms with Gasteiger partial charge in [0.05, 0.1) is 12.5 Å². The highest BCUT2D eigenvalue weighted by atomic mass is 17.2. The highest BCUT2D eigenvalue weighted by Crippen LogP contribution is 2.27. The van der Waals surface area contributed by atoms with Crippen LogP contribution in [0.5, 0.6) is 0 Å². The molecule has 16 heavy (non-hydrogen) atoms. The molecule has 0 unspecified atom stereocenters. The Labute approximate surface area is 95.3 Å². The summed E-state index contributed by atoms with van der Waals surface area (Å²) in [6.07, 6.45) is 2.38. The summed E-state index contributed by atoms with van der Waals surface area (Å²) in [5, 5.41) is 0. The number of carbonyl (C=O) groups is 1. The van der Waals surface area contributed by atoms with E-state index in [-0.39, 0.29) is 11.9 Å². The van der Waals surface area contributed by atoms with E-state index in [0.29, 0.717) is 6.61 Å². The summed E-state index contributed by atoms with van der Waals surface area (Å²) in [7, 11) is 0. The fourth-order valence-electron chi connectivity index (χ4n) is 1.98. The first-order chi connectivity index (χ1) is 7.81. The molecule has 1 aromatic carbocycles. The van der Waals surface area contributed by atoms with Gasteiger partial charge in [0.1, 0.15) is 0 Å². The molecule has 0 radical (unpaired) electrons. The fourth-order valence-corrected chi connectivity index (χ4v) is 1.98. The highest BCUT2D eigenvalue weighted by Gasteiger charge is 2.28. The van der Waals surface area contributed by atoms with E-state index in [1.54, 1.807) is 0 Å². The van der Waals surface area contributed by atoms with Gasteiger partial charge in [-0.2, -0.15) is 4.89 Å². The van der Waals surface area contributed by atoms with Crippen molar-refractivity contribution >= 4 is 5.97 Å². The van der Waals surface area contributed by atoms with Gasteiger partial charge < -0.3 is 0 Å². The summed E-state index contributed by atoms with van der Waals surface area (Å²) in [6, 6.07) is 8.13. The van der Waals surface area contributed by atoms with Gasteiger partial charge in [-0.15, -0.1) is 0 Å². The highest BCUT2D eigenvalue weighted by molar-refractivity contribution is 5.74. The van der Waals surface area contributed by atoms with Crippen LogP contribution in [0.3, 0.4) is 0 Å². The average molecular weight is 220 g/mol. The van der Waals surface area contributed by atoms with E-state index in [2.05, 4.69) is 12.1 Å². The fraction of sp³-hybridized carbons (Fsp3) is 0.462. The lowest BCUT2D eigenvalue weighted by Gasteiger charge is -2.07. The Kier molecular flexibility index (Phi) is 3.57. The Hall–Kier alpha value is -1.35. The minimum atomic E-state index is -0.246. The van der Waals surface area contributed by atoms with Crippen molar-refractivity contribution < 1.29 is 14.6 Å². The van der Waals surface area contributed by atoms with Crippen LogP contribution in [0, 0.1) is 5.92 Å². The largest absolute Gasteiger partial charge is 0.346 e. The van der Waals surface area contributed by atoms with E-state index in [1.165, 1.54) is 11.1 Å². The maximum atomic E-state index is 11.6. The predicted molar refractivity (Wildman–Crippen MR) is 59.7 cm³/mol. The van der Waals surface area contributed by atoms with Crippen molar-refractivity contribution in [3.63, 3.8) is 0 Å². The smallest absolute Gasteiger partial charge is 0.298 e. The molecule has 0 spiro atoms. The van der Waals surface area contributed by atoms with Gasteiger partial charge in [-0.25, -0.2) is 4.79 Å². The van der Waals surface area contributed by atoms with E-state index in [9.17, 15) is 4.79 Å². The zero-order valence-corrected chi connectivity index (χ0v) is 9.44. The molecule has 0 amide bonds. The average Bonchev–Trinajstić information content (AvgIpc) is 2.73. The summed E-state index contributed by atoms with van der Waals surface area (Å²) in [4.78, 5) is 21.2. The number of hydrogen-bond donors (Lipinski definition) is 0. The minimum Gasteiger partial charge on any atom is -0.298 e. The molecule has 3 heteroatoms. The van der Waals surface area contributed by atoms with Crippen molar-refractivity contribution in [3.8, 4) is 0 Å². The van der Waals surface area contributed by atoms with Crippen molar-refractivity contribution in [2.24, 2.45) is 5.92 Å². The molecule has 86 valence electrons. The topological polar surface area (TPSA) is 35.5 Å². The zero-order valence-electron chi connectivity index (χ0n) is 9.44. The van der Waals surface area contributed by atoms with Crippen LogP contribution in [0.4, 0.5) is 0 Å². The molecule has 0 bridgehead atoms. The van der Waals surface area contributed by atoms with Crippen LogP contribution < -0.4 is 0 Å². The zero-order chi connectivity index (χ0) is 11.4. The number of rotatable bonds is 4. The quantitative estimate of drug-likeness (QED) is 0.443. The second-order valence-corrected chi connectivity index (χ2v) is 4.10. The van der Waals surface area contributed by atoms with Crippen LogP contribution in [0.25, 0.3) is 0 Å². The standard InChI is InChI=1S/C13H16O3/c1-2-7-15-16-13(14)12-8-10-5-3-4-6-11(10)9-12/h3-6,12H,2,7-9H2,1H3. The molecule has 0 heterocycles. The summed E-state index contributed by atoms with van der Waals surface area (Å²) in [6.45, 7) is 2.44. The monoisotopic (exact) mass is 220 g/mol. The number of fused-ring (bicyclic) bond motifs is 1. The predicted octanol–water partition coefficient (Wildman–Crippen LogP) is 2.29.